The molecule has 1 aliphatic rings. The molecule has 6 aromatic rings. The minimum Gasteiger partial charge on any atom is -0.222 e. The molecule has 1 saturated carbocycles. The van der Waals surface area contributed by atoms with Crippen molar-refractivity contribution < 1.29 is 57.5 Å². The van der Waals surface area contributed by atoms with Gasteiger partial charge in [-0.1, -0.05) is 185 Å². The van der Waals surface area contributed by atoms with Gasteiger partial charge in [0.25, 0.3) is 0 Å². The monoisotopic (exact) mass is 909 g/mol. The first-order valence-corrected chi connectivity index (χ1v) is 22.2. The summed E-state index contributed by atoms with van der Waals surface area (Å²) < 4.78 is 48.9. The Morgan fingerprint density at radius 1 is 0.614 bits per heavy atom. The molecule has 0 aliphatic heterocycles. The van der Waals surface area contributed by atoms with Crippen LogP contribution in [0.1, 0.15) is 45.7 Å². The van der Waals surface area contributed by atoms with E-state index in [2.05, 4.69) is 191 Å². The Bertz CT molecular complexity index is 1840. The standard InChI is InChI=1S/C27H32NOP.C18H15P.CO.ClHO4.Rh/c1-21(2)25-18-17-22(3)20-27(25,26-16-10-11-19-28-26)29-30(23-12-6-4-7-13-23)24-14-8-5-9-15-24;1-4-10-16(11-5-1)19(17-12-6-2-7-13-17)18-14-8-3-9-15-18;1-2;2-1(3,4)5;/h4-16,19,21-22,25H,17-18,20H2,1-3H3;1-15H;;(H,2,3,4,5);/p-1/t22-,25-,27-;;;;/m0..../s1. The van der Waals surface area contributed by atoms with Crippen molar-refractivity contribution in [1.82, 2.24) is 4.98 Å². The van der Waals surface area contributed by atoms with Gasteiger partial charge in [-0.3, -0.25) is 4.98 Å². The molecule has 0 unspecified atom stereocenters. The number of hydrogen-bond donors (Lipinski definition) is 0. The average molecular weight is 910 g/mol. The summed E-state index contributed by atoms with van der Waals surface area (Å²) in [5.74, 6) is 1.59. The van der Waals surface area contributed by atoms with Crippen LogP contribution in [0.15, 0.2) is 176 Å². The van der Waals surface area contributed by atoms with Gasteiger partial charge in [0.05, 0.1) is 13.8 Å². The fourth-order valence-corrected chi connectivity index (χ4v) is 11.5. The molecule has 0 N–H and O–H groups in total. The van der Waals surface area contributed by atoms with Gasteiger partial charge in [-0.25, -0.2) is 18.6 Å². The van der Waals surface area contributed by atoms with Crippen molar-refractivity contribution in [3.05, 3.63) is 188 Å². The van der Waals surface area contributed by atoms with Gasteiger partial charge >= 0.3 is 11.3 Å². The van der Waals surface area contributed by atoms with Crippen LogP contribution in [0.4, 0.5) is 0 Å². The zero-order valence-corrected chi connectivity index (χ0v) is 36.3. The van der Waals surface area contributed by atoms with E-state index >= 15 is 0 Å². The minimum atomic E-state index is -4.94. The maximum absolute atomic E-state index is 8.49. The van der Waals surface area contributed by atoms with Crippen LogP contribution in [0.25, 0.3) is 0 Å². The van der Waals surface area contributed by atoms with E-state index in [0.717, 1.165) is 12.1 Å². The summed E-state index contributed by atoms with van der Waals surface area (Å²) in [5, 5.41) is 6.71. The second-order valence-electron chi connectivity index (χ2n) is 13.6. The number of nitrogens with zero attached hydrogens (tertiary/aromatic N) is 1. The maximum atomic E-state index is 8.49. The summed E-state index contributed by atoms with van der Waals surface area (Å²) in [6, 6.07) is 60.1. The number of aromatic nitrogens is 1. The predicted molar refractivity (Wildman–Crippen MR) is 216 cm³/mol. The Kier molecular flexibility index (Phi) is 20.6. The average Bonchev–Trinajstić information content (AvgIpc) is 3.22. The predicted octanol–water partition coefficient (Wildman–Crippen LogP) is 5.08. The van der Waals surface area contributed by atoms with Crippen LogP contribution in [0.5, 0.6) is 0 Å². The molecule has 7 rings (SSSR count). The molecule has 0 bridgehead atoms. The third-order valence-corrected chi connectivity index (χ3v) is 13.9. The van der Waals surface area contributed by atoms with Crippen LogP contribution in [-0.4, -0.2) is 4.98 Å². The molecular formula is C46H47ClNO6P2Rh-. The molecule has 1 aliphatic carbocycles. The summed E-state index contributed by atoms with van der Waals surface area (Å²) >= 11 is 0. The molecule has 299 valence electrons. The summed E-state index contributed by atoms with van der Waals surface area (Å²) in [6.07, 6.45) is 5.38. The third-order valence-electron chi connectivity index (χ3n) is 9.40. The van der Waals surface area contributed by atoms with Crippen molar-refractivity contribution in [2.45, 2.75) is 45.6 Å². The second kappa shape index (κ2) is 24.5. The Morgan fingerprint density at radius 3 is 1.30 bits per heavy atom. The van der Waals surface area contributed by atoms with E-state index in [1.807, 2.05) is 12.3 Å². The molecule has 1 aromatic heterocycles. The van der Waals surface area contributed by atoms with Crippen LogP contribution in [0.3, 0.4) is 0 Å². The Hall–Kier alpha value is -3.44. The van der Waals surface area contributed by atoms with E-state index in [1.54, 1.807) is 0 Å². The van der Waals surface area contributed by atoms with Gasteiger partial charge in [-0.15, -0.1) is 10.2 Å². The molecular weight excluding hydrogens is 863 g/mol. The molecule has 57 heavy (non-hydrogen) atoms. The van der Waals surface area contributed by atoms with E-state index in [0.29, 0.717) is 17.8 Å². The first-order chi connectivity index (χ1) is 27.0. The second-order valence-corrected chi connectivity index (χ2v) is 18.4. The van der Waals surface area contributed by atoms with E-state index < -0.39 is 26.3 Å². The Balaban J connectivity index is 0.000000276. The zero-order valence-electron chi connectivity index (χ0n) is 32.1. The van der Waals surface area contributed by atoms with Crippen molar-refractivity contribution in [3.8, 4) is 0 Å². The van der Waals surface area contributed by atoms with E-state index in [1.165, 1.54) is 39.4 Å². The molecule has 3 atom stereocenters. The maximum Gasteiger partial charge on any atom is 0 e. The molecule has 0 spiro atoms. The number of rotatable bonds is 9. The van der Waals surface area contributed by atoms with Crippen molar-refractivity contribution in [3.63, 3.8) is 0 Å². The first-order valence-electron chi connectivity index (χ1n) is 18.3. The third kappa shape index (κ3) is 14.7. The quantitative estimate of drug-likeness (QED) is 0.0861. The normalized spacial score (nSPS) is 17.4. The summed E-state index contributed by atoms with van der Waals surface area (Å²) in [7, 11) is -6.35. The van der Waals surface area contributed by atoms with Gasteiger partial charge < -0.3 is 4.52 Å². The van der Waals surface area contributed by atoms with Crippen molar-refractivity contribution in [1.29, 1.82) is 0 Å². The molecule has 1 fully saturated rings. The fraction of sp³-hybridized carbons (Fsp3) is 0.217. The van der Waals surface area contributed by atoms with Crippen LogP contribution in [-0.2, 0) is 34.3 Å². The SMILES string of the molecule is CC(C)[C@@H]1CC[C@H](C)C[C@@]1(OP(c1ccccc1)c1ccccc1)c1ccccn1.[C-]#[O+].[O-][Cl+3]([O-])([O-])[O-].[Rh].c1ccc(P(c2ccccc2)c2ccccc2)cc1. The molecule has 0 amide bonds. The van der Waals surface area contributed by atoms with Crippen LogP contribution in [0.2, 0.25) is 0 Å². The van der Waals surface area contributed by atoms with E-state index in [9.17, 15) is 0 Å². The number of benzene rings is 5. The molecule has 7 nitrogen and oxygen atoms in total. The number of pyridine rings is 1. The Labute approximate surface area is 355 Å². The molecule has 11 heteroatoms. The smallest absolute Gasteiger partial charge is 0 e. The zero-order chi connectivity index (χ0) is 40.4. The Morgan fingerprint density at radius 2 is 0.965 bits per heavy atom. The van der Waals surface area contributed by atoms with Crippen LogP contribution >= 0.6 is 16.1 Å². The van der Waals surface area contributed by atoms with Crippen LogP contribution < -0.4 is 45.2 Å². The summed E-state index contributed by atoms with van der Waals surface area (Å²) in [6.45, 7) is 11.6. The number of hydrogen-bond acceptors (Lipinski definition) is 6. The topological polar surface area (TPSA) is 134 Å². The van der Waals surface area contributed by atoms with Gasteiger partial charge in [-0.2, -0.15) is 0 Å². The summed E-state index contributed by atoms with van der Waals surface area (Å²) in [4.78, 5) is 4.87. The van der Waals surface area contributed by atoms with Crippen molar-refractivity contribution >= 4 is 42.6 Å². The molecule has 5 aromatic carbocycles. The van der Waals surface area contributed by atoms with Crippen molar-refractivity contribution in [2.75, 3.05) is 0 Å². The van der Waals surface area contributed by atoms with Crippen LogP contribution in [0, 0.1) is 34.6 Å². The first kappa shape index (κ1) is 47.9. The van der Waals surface area contributed by atoms with Gasteiger partial charge in [0, 0.05) is 36.3 Å². The molecule has 1 radical (unpaired) electrons. The molecule has 0 saturated heterocycles. The minimum absolute atomic E-state index is 0. The van der Waals surface area contributed by atoms with Gasteiger partial charge in [0.1, 0.15) is 5.60 Å². The van der Waals surface area contributed by atoms with Crippen molar-refractivity contribution in [2.24, 2.45) is 17.8 Å². The van der Waals surface area contributed by atoms with Gasteiger partial charge in [-0.05, 0) is 66.6 Å². The van der Waals surface area contributed by atoms with E-state index in [4.69, 9.17) is 32.8 Å². The van der Waals surface area contributed by atoms with E-state index in [-0.39, 0.29) is 25.1 Å². The van der Waals surface area contributed by atoms with Gasteiger partial charge in [0.2, 0.25) is 0 Å². The van der Waals surface area contributed by atoms with Gasteiger partial charge in [0.15, 0.2) is 0 Å². The number of halogens is 1. The summed E-state index contributed by atoms with van der Waals surface area (Å²) in [5.41, 5.74) is 0.722. The largest absolute Gasteiger partial charge is 0.222 e. The molecule has 1 heterocycles. The fourth-order valence-electron chi connectivity index (χ4n) is 7.12.